The Morgan fingerprint density at radius 3 is 2.27 bits per heavy atom. The average Bonchev–Trinajstić information content (AvgIpc) is 3.01. The third-order valence-electron chi connectivity index (χ3n) is 5.17. The Bertz CT molecular complexity index is 1050. The van der Waals surface area contributed by atoms with Gasteiger partial charge in [0.15, 0.2) is 6.61 Å². The first kappa shape index (κ1) is 21.3. The Hall–Kier alpha value is -3.41. The van der Waals surface area contributed by atoms with Crippen LogP contribution in [0.2, 0.25) is 0 Å². The maximum absolute atomic E-state index is 12.6. The van der Waals surface area contributed by atoms with Crippen molar-refractivity contribution in [1.29, 1.82) is 0 Å². The number of ether oxygens (including phenoxy) is 1. The fourth-order valence-corrected chi connectivity index (χ4v) is 3.22. The summed E-state index contributed by atoms with van der Waals surface area (Å²) >= 11 is 0. The molecule has 0 unspecified atom stereocenters. The van der Waals surface area contributed by atoms with Gasteiger partial charge in [-0.1, -0.05) is 48.0 Å². The van der Waals surface area contributed by atoms with Crippen LogP contribution in [0.25, 0.3) is 5.69 Å². The van der Waals surface area contributed by atoms with Gasteiger partial charge in [0.25, 0.3) is 5.91 Å². The molecule has 2 aromatic carbocycles. The van der Waals surface area contributed by atoms with Gasteiger partial charge in [-0.25, -0.2) is 4.68 Å². The van der Waals surface area contributed by atoms with E-state index in [0.29, 0.717) is 11.4 Å². The summed E-state index contributed by atoms with van der Waals surface area (Å²) in [7, 11) is 0. The fourth-order valence-electron chi connectivity index (χ4n) is 3.22. The van der Waals surface area contributed by atoms with Crippen LogP contribution in [0, 0.1) is 20.8 Å². The summed E-state index contributed by atoms with van der Waals surface area (Å²) in [6.07, 6.45) is 0. The van der Waals surface area contributed by atoms with Gasteiger partial charge in [0.1, 0.15) is 0 Å². The molecule has 1 heterocycles. The van der Waals surface area contributed by atoms with Gasteiger partial charge in [0.2, 0.25) is 0 Å². The number of nitrogens with zero attached hydrogens (tertiary/aromatic N) is 2. The summed E-state index contributed by atoms with van der Waals surface area (Å²) in [4.78, 5) is 25.0. The second kappa shape index (κ2) is 8.53. The van der Waals surface area contributed by atoms with Crippen LogP contribution in [0.15, 0.2) is 54.6 Å². The molecule has 0 saturated carbocycles. The number of nitrogens with one attached hydrogen (secondary N) is 1. The number of hydrogen-bond donors (Lipinski definition) is 1. The lowest BCUT2D eigenvalue weighted by atomic mass is 9.85. The van der Waals surface area contributed by atoms with Gasteiger partial charge in [-0.2, -0.15) is 5.10 Å². The zero-order chi connectivity index (χ0) is 21.9. The van der Waals surface area contributed by atoms with Crippen molar-refractivity contribution < 1.29 is 14.3 Å². The fraction of sp³-hybridized carbons (Fsp3) is 0.292. The predicted molar refractivity (Wildman–Crippen MR) is 117 cm³/mol. The van der Waals surface area contributed by atoms with Crippen LogP contribution in [0.5, 0.6) is 0 Å². The van der Waals surface area contributed by atoms with Gasteiger partial charge in [-0.15, -0.1) is 0 Å². The minimum atomic E-state index is -0.844. The molecule has 0 radical (unpaired) electrons. The third-order valence-corrected chi connectivity index (χ3v) is 5.17. The summed E-state index contributed by atoms with van der Waals surface area (Å²) in [5, 5.41) is 7.36. The molecule has 0 saturated heterocycles. The summed E-state index contributed by atoms with van der Waals surface area (Å²) in [6, 6.07) is 17.3. The van der Waals surface area contributed by atoms with Crippen LogP contribution in [-0.4, -0.2) is 28.3 Å². The summed E-state index contributed by atoms with van der Waals surface area (Å²) < 4.78 is 7.09. The highest BCUT2D eigenvalue weighted by atomic mass is 16.5. The highest BCUT2D eigenvalue weighted by Crippen LogP contribution is 2.25. The molecule has 0 atom stereocenters. The zero-order valence-electron chi connectivity index (χ0n) is 18.0. The van der Waals surface area contributed by atoms with E-state index in [1.807, 2.05) is 75.4 Å². The number of esters is 1. The number of benzene rings is 2. The number of carbonyl (C=O) groups is 2. The van der Waals surface area contributed by atoms with Gasteiger partial charge in [-0.05, 0) is 52.3 Å². The lowest BCUT2D eigenvalue weighted by Crippen LogP contribution is -2.33. The van der Waals surface area contributed by atoms with Crippen molar-refractivity contribution in [3.8, 4) is 5.69 Å². The molecule has 3 aromatic rings. The van der Waals surface area contributed by atoms with E-state index in [1.54, 1.807) is 18.5 Å². The number of amides is 1. The van der Waals surface area contributed by atoms with Crippen molar-refractivity contribution in [1.82, 2.24) is 9.78 Å². The lowest BCUT2D eigenvalue weighted by molar-refractivity contribution is -0.152. The average molecular weight is 405 g/mol. The van der Waals surface area contributed by atoms with E-state index in [2.05, 4.69) is 10.4 Å². The SMILES string of the molecule is Cc1ccc(-n2nc(C)c(NC(=O)COC(=O)C(C)(C)c3ccccc3)c2C)cc1. The van der Waals surface area contributed by atoms with Crippen LogP contribution in [0.3, 0.4) is 0 Å². The standard InChI is InChI=1S/C24H27N3O3/c1-16-11-13-20(14-12-16)27-18(3)22(17(2)26-27)25-21(28)15-30-23(29)24(4,5)19-9-7-6-8-10-19/h6-14H,15H2,1-5H3,(H,25,28). The van der Waals surface area contributed by atoms with Crippen LogP contribution < -0.4 is 5.32 Å². The van der Waals surface area contributed by atoms with Crippen LogP contribution in [-0.2, 0) is 19.7 Å². The number of aryl methyl sites for hydroxylation is 2. The summed E-state index contributed by atoms with van der Waals surface area (Å²) in [5.41, 5.74) is 4.19. The largest absolute Gasteiger partial charge is 0.455 e. The molecule has 3 rings (SSSR count). The second-order valence-electron chi connectivity index (χ2n) is 7.91. The van der Waals surface area contributed by atoms with Gasteiger partial charge >= 0.3 is 5.97 Å². The molecule has 156 valence electrons. The molecule has 6 heteroatoms. The molecule has 30 heavy (non-hydrogen) atoms. The first-order chi connectivity index (χ1) is 14.2. The quantitative estimate of drug-likeness (QED) is 0.622. The second-order valence-corrected chi connectivity index (χ2v) is 7.91. The molecule has 1 amide bonds. The van der Waals surface area contributed by atoms with Crippen molar-refractivity contribution >= 4 is 17.6 Å². The van der Waals surface area contributed by atoms with Crippen LogP contribution in [0.1, 0.15) is 36.4 Å². The minimum Gasteiger partial charge on any atom is -0.455 e. The van der Waals surface area contributed by atoms with Crippen LogP contribution in [0.4, 0.5) is 5.69 Å². The van der Waals surface area contributed by atoms with Gasteiger partial charge in [0, 0.05) is 0 Å². The molecule has 1 aromatic heterocycles. The normalized spacial score (nSPS) is 11.2. The topological polar surface area (TPSA) is 73.2 Å². The van der Waals surface area contributed by atoms with E-state index in [0.717, 1.165) is 22.5 Å². The maximum Gasteiger partial charge on any atom is 0.316 e. The van der Waals surface area contributed by atoms with Crippen molar-refractivity contribution in [3.05, 3.63) is 77.1 Å². The Kier molecular flexibility index (Phi) is 6.06. The Morgan fingerprint density at radius 2 is 1.63 bits per heavy atom. The first-order valence-corrected chi connectivity index (χ1v) is 9.86. The van der Waals surface area contributed by atoms with Gasteiger partial charge < -0.3 is 10.1 Å². The van der Waals surface area contributed by atoms with E-state index < -0.39 is 17.3 Å². The lowest BCUT2D eigenvalue weighted by Gasteiger charge is -2.22. The van der Waals surface area contributed by atoms with E-state index in [9.17, 15) is 9.59 Å². The summed E-state index contributed by atoms with van der Waals surface area (Å²) in [5.74, 6) is -0.852. The number of rotatable bonds is 6. The van der Waals surface area contributed by atoms with Crippen molar-refractivity contribution in [3.63, 3.8) is 0 Å². The molecule has 0 aliphatic heterocycles. The Morgan fingerprint density at radius 1 is 1.00 bits per heavy atom. The molecule has 6 nitrogen and oxygen atoms in total. The van der Waals surface area contributed by atoms with E-state index in [-0.39, 0.29) is 6.61 Å². The number of carbonyl (C=O) groups excluding carboxylic acids is 2. The third kappa shape index (κ3) is 4.43. The Balaban J connectivity index is 1.67. The maximum atomic E-state index is 12.6. The molecule has 0 aliphatic carbocycles. The number of anilines is 1. The highest BCUT2D eigenvalue weighted by Gasteiger charge is 2.31. The minimum absolute atomic E-state index is 0.357. The van der Waals surface area contributed by atoms with Gasteiger partial charge in [0.05, 0.1) is 28.2 Å². The zero-order valence-corrected chi connectivity index (χ0v) is 18.0. The molecule has 0 aliphatic rings. The smallest absolute Gasteiger partial charge is 0.316 e. The number of hydrogen-bond acceptors (Lipinski definition) is 4. The summed E-state index contributed by atoms with van der Waals surface area (Å²) in [6.45, 7) is 8.95. The van der Waals surface area contributed by atoms with E-state index >= 15 is 0 Å². The monoisotopic (exact) mass is 405 g/mol. The van der Waals surface area contributed by atoms with E-state index in [4.69, 9.17) is 4.74 Å². The molecule has 1 N–H and O–H groups in total. The van der Waals surface area contributed by atoms with Gasteiger partial charge in [-0.3, -0.25) is 9.59 Å². The van der Waals surface area contributed by atoms with Crippen molar-refractivity contribution in [2.75, 3.05) is 11.9 Å². The first-order valence-electron chi connectivity index (χ1n) is 9.86. The molecule has 0 fully saturated rings. The van der Waals surface area contributed by atoms with Crippen molar-refractivity contribution in [2.24, 2.45) is 0 Å². The van der Waals surface area contributed by atoms with Crippen LogP contribution >= 0.6 is 0 Å². The van der Waals surface area contributed by atoms with Crippen molar-refractivity contribution in [2.45, 2.75) is 40.0 Å². The predicted octanol–water partition coefficient (Wildman–Crippen LogP) is 4.26. The Labute approximate surface area is 176 Å². The molecule has 0 spiro atoms. The highest BCUT2D eigenvalue weighted by molar-refractivity contribution is 5.94. The molecular weight excluding hydrogens is 378 g/mol. The molecular formula is C24H27N3O3. The van der Waals surface area contributed by atoms with E-state index in [1.165, 1.54) is 0 Å². The molecule has 0 bridgehead atoms. The number of aromatic nitrogens is 2.